The summed E-state index contributed by atoms with van der Waals surface area (Å²) in [4.78, 5) is 12.9. The number of anilines is 1. The minimum atomic E-state index is 0.0198. The summed E-state index contributed by atoms with van der Waals surface area (Å²) in [5.41, 5.74) is 1.05. The average Bonchev–Trinajstić information content (AvgIpc) is 2.19. The molecule has 70 valence electrons. The van der Waals surface area contributed by atoms with Crippen molar-refractivity contribution in [3.05, 3.63) is 30.3 Å². The van der Waals surface area contributed by atoms with E-state index in [-0.39, 0.29) is 5.91 Å². The number of para-hydroxylation sites is 1. The van der Waals surface area contributed by atoms with Gasteiger partial charge in [-0.2, -0.15) is 0 Å². The first-order valence-electron chi connectivity index (χ1n) is 4.21. The van der Waals surface area contributed by atoms with Crippen LogP contribution in [0.25, 0.3) is 0 Å². The van der Waals surface area contributed by atoms with Gasteiger partial charge < -0.3 is 10.2 Å². The Balaban J connectivity index is 2.59. The summed E-state index contributed by atoms with van der Waals surface area (Å²) < 4.78 is 0. The average molecular weight is 178 g/mol. The van der Waals surface area contributed by atoms with E-state index in [4.69, 9.17) is 0 Å². The van der Waals surface area contributed by atoms with E-state index in [1.54, 1.807) is 7.05 Å². The highest BCUT2D eigenvalue weighted by atomic mass is 16.1. The van der Waals surface area contributed by atoms with Gasteiger partial charge >= 0.3 is 0 Å². The highest BCUT2D eigenvalue weighted by Gasteiger charge is 2.03. The molecule has 0 saturated carbocycles. The van der Waals surface area contributed by atoms with Crippen LogP contribution >= 0.6 is 0 Å². The lowest BCUT2D eigenvalue weighted by Gasteiger charge is -2.17. The van der Waals surface area contributed by atoms with Crippen LogP contribution in [0.4, 0.5) is 5.69 Å². The number of benzene rings is 1. The number of nitrogens with one attached hydrogen (secondary N) is 1. The van der Waals surface area contributed by atoms with Crippen molar-refractivity contribution in [2.45, 2.75) is 0 Å². The van der Waals surface area contributed by atoms with Crippen LogP contribution < -0.4 is 10.2 Å². The van der Waals surface area contributed by atoms with Gasteiger partial charge in [-0.25, -0.2) is 0 Å². The fraction of sp³-hybridized carbons (Fsp3) is 0.300. The Labute approximate surface area is 78.4 Å². The second-order valence-corrected chi connectivity index (χ2v) is 2.86. The summed E-state index contributed by atoms with van der Waals surface area (Å²) in [6.45, 7) is 0.389. The summed E-state index contributed by atoms with van der Waals surface area (Å²) in [6, 6.07) is 9.81. The molecule has 1 amide bonds. The van der Waals surface area contributed by atoms with E-state index in [1.807, 2.05) is 42.3 Å². The van der Waals surface area contributed by atoms with Crippen molar-refractivity contribution < 1.29 is 4.79 Å². The lowest BCUT2D eigenvalue weighted by Crippen LogP contribution is -2.32. The summed E-state index contributed by atoms with van der Waals surface area (Å²) in [5, 5.41) is 2.59. The first-order valence-corrected chi connectivity index (χ1v) is 4.21. The van der Waals surface area contributed by atoms with Gasteiger partial charge in [0.1, 0.15) is 0 Å². The molecule has 3 heteroatoms. The van der Waals surface area contributed by atoms with Crippen LogP contribution in [0.5, 0.6) is 0 Å². The molecule has 0 aliphatic heterocycles. The van der Waals surface area contributed by atoms with E-state index in [2.05, 4.69) is 5.32 Å². The zero-order valence-corrected chi connectivity index (χ0v) is 7.95. The molecule has 0 aliphatic carbocycles. The van der Waals surface area contributed by atoms with Crippen molar-refractivity contribution in [2.75, 3.05) is 25.5 Å². The predicted molar refractivity (Wildman–Crippen MR) is 53.8 cm³/mol. The Morgan fingerprint density at radius 2 is 2.00 bits per heavy atom. The van der Waals surface area contributed by atoms with Crippen molar-refractivity contribution in [2.24, 2.45) is 0 Å². The number of hydrogen-bond acceptors (Lipinski definition) is 2. The molecule has 0 aliphatic rings. The Hall–Kier alpha value is -1.51. The normalized spacial score (nSPS) is 9.38. The first-order chi connectivity index (χ1) is 6.24. The molecule has 0 radical (unpaired) electrons. The molecule has 0 spiro atoms. The van der Waals surface area contributed by atoms with E-state index >= 15 is 0 Å². The number of rotatable bonds is 3. The molecule has 1 rings (SSSR count). The molecule has 0 fully saturated rings. The molecular formula is C10H14N2O. The van der Waals surface area contributed by atoms with Crippen molar-refractivity contribution in [1.29, 1.82) is 0 Å². The summed E-state index contributed by atoms with van der Waals surface area (Å²) >= 11 is 0. The molecule has 0 saturated heterocycles. The SMILES string of the molecule is CNC(=O)CN(C)c1ccccc1. The number of likely N-dealkylation sites (N-methyl/N-ethyl adjacent to an activating group) is 2. The Morgan fingerprint density at radius 1 is 1.38 bits per heavy atom. The second kappa shape index (κ2) is 4.50. The second-order valence-electron chi connectivity index (χ2n) is 2.86. The van der Waals surface area contributed by atoms with Gasteiger partial charge in [0.05, 0.1) is 6.54 Å². The maximum absolute atomic E-state index is 11.0. The molecule has 0 bridgehead atoms. The largest absolute Gasteiger partial charge is 0.365 e. The number of amides is 1. The van der Waals surface area contributed by atoms with E-state index < -0.39 is 0 Å². The minimum absolute atomic E-state index is 0.0198. The summed E-state index contributed by atoms with van der Waals surface area (Å²) in [6.07, 6.45) is 0. The fourth-order valence-corrected chi connectivity index (χ4v) is 1.07. The standard InChI is InChI=1S/C10H14N2O/c1-11-10(13)8-12(2)9-6-4-3-5-7-9/h3-7H,8H2,1-2H3,(H,11,13). The van der Waals surface area contributed by atoms with Gasteiger partial charge in [-0.05, 0) is 12.1 Å². The van der Waals surface area contributed by atoms with Crippen LogP contribution in [0.1, 0.15) is 0 Å². The molecular weight excluding hydrogens is 164 g/mol. The van der Waals surface area contributed by atoms with Gasteiger partial charge in [0.15, 0.2) is 0 Å². The monoisotopic (exact) mass is 178 g/mol. The maximum atomic E-state index is 11.0. The Morgan fingerprint density at radius 3 is 2.54 bits per heavy atom. The number of carbonyl (C=O) groups is 1. The molecule has 13 heavy (non-hydrogen) atoms. The molecule has 1 N–H and O–H groups in total. The molecule has 1 aromatic rings. The van der Waals surface area contributed by atoms with Gasteiger partial charge in [0, 0.05) is 19.8 Å². The third-order valence-corrected chi connectivity index (χ3v) is 1.86. The van der Waals surface area contributed by atoms with Gasteiger partial charge in [0.25, 0.3) is 0 Å². The topological polar surface area (TPSA) is 32.3 Å². The smallest absolute Gasteiger partial charge is 0.239 e. The summed E-state index contributed by atoms with van der Waals surface area (Å²) in [5.74, 6) is 0.0198. The van der Waals surface area contributed by atoms with Gasteiger partial charge in [0.2, 0.25) is 5.91 Å². The van der Waals surface area contributed by atoms with E-state index in [0.717, 1.165) is 5.69 Å². The van der Waals surface area contributed by atoms with Gasteiger partial charge in [-0.15, -0.1) is 0 Å². The Kier molecular flexibility index (Phi) is 3.31. The molecule has 0 unspecified atom stereocenters. The highest BCUT2D eigenvalue weighted by molar-refractivity contribution is 5.80. The van der Waals surface area contributed by atoms with Crippen LogP contribution in [0.3, 0.4) is 0 Å². The lowest BCUT2D eigenvalue weighted by atomic mass is 10.3. The zero-order valence-electron chi connectivity index (χ0n) is 7.95. The van der Waals surface area contributed by atoms with Crippen molar-refractivity contribution >= 4 is 11.6 Å². The maximum Gasteiger partial charge on any atom is 0.239 e. The van der Waals surface area contributed by atoms with E-state index in [0.29, 0.717) is 6.54 Å². The zero-order chi connectivity index (χ0) is 9.68. The molecule has 0 aromatic heterocycles. The van der Waals surface area contributed by atoms with Crippen LogP contribution in [-0.4, -0.2) is 26.5 Å². The predicted octanol–water partition coefficient (Wildman–Crippen LogP) is 0.869. The fourth-order valence-electron chi connectivity index (χ4n) is 1.07. The number of nitrogens with zero attached hydrogens (tertiary/aromatic N) is 1. The van der Waals surface area contributed by atoms with Crippen LogP contribution in [0, 0.1) is 0 Å². The number of hydrogen-bond donors (Lipinski definition) is 1. The van der Waals surface area contributed by atoms with E-state index in [1.165, 1.54) is 0 Å². The third kappa shape index (κ3) is 2.78. The molecule has 0 atom stereocenters. The molecule has 3 nitrogen and oxygen atoms in total. The third-order valence-electron chi connectivity index (χ3n) is 1.86. The first kappa shape index (κ1) is 9.58. The molecule has 1 aromatic carbocycles. The van der Waals surface area contributed by atoms with Crippen LogP contribution in [-0.2, 0) is 4.79 Å². The molecule has 0 heterocycles. The quantitative estimate of drug-likeness (QED) is 0.744. The highest BCUT2D eigenvalue weighted by Crippen LogP contribution is 2.09. The minimum Gasteiger partial charge on any atom is -0.365 e. The van der Waals surface area contributed by atoms with Crippen LogP contribution in [0.2, 0.25) is 0 Å². The number of carbonyl (C=O) groups excluding carboxylic acids is 1. The van der Waals surface area contributed by atoms with Gasteiger partial charge in [-0.3, -0.25) is 4.79 Å². The van der Waals surface area contributed by atoms with Crippen molar-refractivity contribution in [3.63, 3.8) is 0 Å². The lowest BCUT2D eigenvalue weighted by molar-refractivity contribution is -0.119. The Bertz CT molecular complexity index is 272. The van der Waals surface area contributed by atoms with Gasteiger partial charge in [-0.1, -0.05) is 18.2 Å². The van der Waals surface area contributed by atoms with Crippen molar-refractivity contribution in [3.8, 4) is 0 Å². The van der Waals surface area contributed by atoms with Crippen LogP contribution in [0.15, 0.2) is 30.3 Å². The van der Waals surface area contributed by atoms with E-state index in [9.17, 15) is 4.79 Å². The summed E-state index contributed by atoms with van der Waals surface area (Å²) in [7, 11) is 3.53. The van der Waals surface area contributed by atoms with Crippen molar-refractivity contribution in [1.82, 2.24) is 5.32 Å².